The highest BCUT2D eigenvalue weighted by Gasteiger charge is 2.60. The number of carbonyl (C=O) groups excluding carboxylic acids is 1. The maximum Gasteiger partial charge on any atom is 0.139 e. The number of aliphatic hydroxyl groups is 2. The van der Waals surface area contributed by atoms with Crippen LogP contribution in [-0.2, 0) is 4.79 Å². The summed E-state index contributed by atoms with van der Waals surface area (Å²) in [6.07, 6.45) is 7.51. The summed E-state index contributed by atoms with van der Waals surface area (Å²) in [6, 6.07) is 0. The van der Waals surface area contributed by atoms with Gasteiger partial charge in [-0.05, 0) is 49.9 Å². The highest BCUT2D eigenvalue weighted by molar-refractivity contribution is 5.87. The third kappa shape index (κ3) is 1.73. The monoisotopic (exact) mass is 304 g/mol. The molecule has 0 aromatic carbocycles. The minimum absolute atomic E-state index is 0.109. The van der Waals surface area contributed by atoms with Crippen molar-refractivity contribution in [2.75, 3.05) is 0 Å². The van der Waals surface area contributed by atoms with Crippen LogP contribution >= 0.6 is 0 Å². The molecule has 0 aliphatic heterocycles. The van der Waals surface area contributed by atoms with E-state index in [2.05, 4.69) is 19.9 Å². The molecule has 0 saturated heterocycles. The molecule has 7 atom stereocenters. The summed E-state index contributed by atoms with van der Waals surface area (Å²) in [6.45, 7) is 4.40. The van der Waals surface area contributed by atoms with Crippen LogP contribution in [0, 0.1) is 28.6 Å². The smallest absolute Gasteiger partial charge is 0.139 e. The lowest BCUT2D eigenvalue weighted by atomic mass is 9.47. The van der Waals surface area contributed by atoms with E-state index in [0.717, 1.165) is 38.5 Å². The van der Waals surface area contributed by atoms with Gasteiger partial charge in [-0.25, -0.2) is 0 Å². The molecule has 3 heteroatoms. The Morgan fingerprint density at radius 3 is 2.73 bits per heavy atom. The molecule has 0 aromatic rings. The van der Waals surface area contributed by atoms with Crippen molar-refractivity contribution >= 4 is 5.78 Å². The van der Waals surface area contributed by atoms with Crippen molar-refractivity contribution in [1.82, 2.24) is 0 Å². The molecule has 0 aromatic heterocycles. The fourth-order valence-corrected chi connectivity index (χ4v) is 6.47. The molecule has 122 valence electrons. The topological polar surface area (TPSA) is 57.5 Å². The third-order valence-corrected chi connectivity index (χ3v) is 7.89. The minimum Gasteiger partial charge on any atom is -0.393 e. The van der Waals surface area contributed by atoms with Crippen LogP contribution in [0.5, 0.6) is 0 Å². The molecule has 4 aliphatic carbocycles. The first-order valence-corrected chi connectivity index (χ1v) is 8.96. The number of ketones is 1. The lowest BCUT2D eigenvalue weighted by Gasteiger charge is -2.58. The van der Waals surface area contributed by atoms with Gasteiger partial charge in [-0.1, -0.05) is 25.5 Å². The summed E-state index contributed by atoms with van der Waals surface area (Å²) in [4.78, 5) is 12.4. The molecule has 4 aliphatic rings. The molecule has 2 N–H and O–H groups in total. The van der Waals surface area contributed by atoms with Crippen LogP contribution in [0.15, 0.2) is 11.6 Å². The number of hydrogen-bond acceptors (Lipinski definition) is 3. The lowest BCUT2D eigenvalue weighted by molar-refractivity contribution is -0.135. The average Bonchev–Trinajstić information content (AvgIpc) is 2.77. The SMILES string of the molecule is C[C@]12C(=CC[C@@H]3[C@@H]1CC[C@]1(C)C(=O)CC[C@@H]31)C[C@@H](O)C[C@H]2O. The van der Waals surface area contributed by atoms with Crippen molar-refractivity contribution in [2.45, 2.75) is 71.0 Å². The first-order chi connectivity index (χ1) is 10.4. The summed E-state index contributed by atoms with van der Waals surface area (Å²) in [5.74, 6) is 1.96. The van der Waals surface area contributed by atoms with Gasteiger partial charge in [-0.15, -0.1) is 0 Å². The first-order valence-electron chi connectivity index (χ1n) is 8.96. The van der Waals surface area contributed by atoms with Crippen molar-refractivity contribution in [3.63, 3.8) is 0 Å². The van der Waals surface area contributed by atoms with Gasteiger partial charge in [0.2, 0.25) is 0 Å². The number of rotatable bonds is 0. The zero-order valence-corrected chi connectivity index (χ0v) is 13.7. The van der Waals surface area contributed by atoms with Gasteiger partial charge in [-0.2, -0.15) is 0 Å². The summed E-state index contributed by atoms with van der Waals surface area (Å²) >= 11 is 0. The zero-order chi connectivity index (χ0) is 15.7. The molecular weight excluding hydrogens is 276 g/mol. The third-order valence-electron chi connectivity index (χ3n) is 7.89. The van der Waals surface area contributed by atoms with E-state index in [1.807, 2.05) is 0 Å². The Hall–Kier alpha value is -0.670. The Kier molecular flexibility index (Phi) is 3.16. The molecular formula is C19H28O3. The number of Topliss-reactive ketones (excluding diaryl/α,β-unsaturated/α-hetero) is 1. The van der Waals surface area contributed by atoms with Gasteiger partial charge in [0, 0.05) is 23.7 Å². The van der Waals surface area contributed by atoms with Crippen LogP contribution in [0.1, 0.15) is 58.8 Å². The molecule has 0 heterocycles. The number of fused-ring (bicyclic) bond motifs is 5. The number of allylic oxidation sites excluding steroid dienone is 1. The standard InChI is InChI=1S/C19H28O3/c1-18-8-7-15-13(14(18)5-6-16(18)21)4-3-11-9-12(20)10-17(22)19(11,15)2/h3,12-15,17,20,22H,4-10H2,1-2H3/t12-,13+,14+,15+,17-,18+,19+/m1/s1. The van der Waals surface area contributed by atoms with E-state index in [-0.39, 0.29) is 10.8 Å². The quantitative estimate of drug-likeness (QED) is 0.677. The second kappa shape index (κ2) is 4.67. The Balaban J connectivity index is 1.72. The fraction of sp³-hybridized carbons (Fsp3) is 0.842. The zero-order valence-electron chi connectivity index (χ0n) is 13.7. The Morgan fingerprint density at radius 2 is 1.95 bits per heavy atom. The summed E-state index contributed by atoms with van der Waals surface area (Å²) in [5.41, 5.74) is 0.977. The number of aliphatic hydroxyl groups excluding tert-OH is 2. The van der Waals surface area contributed by atoms with E-state index in [4.69, 9.17) is 0 Å². The molecule has 0 spiro atoms. The van der Waals surface area contributed by atoms with Gasteiger partial charge < -0.3 is 10.2 Å². The van der Waals surface area contributed by atoms with E-state index in [0.29, 0.717) is 30.0 Å². The van der Waals surface area contributed by atoms with Gasteiger partial charge in [0.05, 0.1) is 12.2 Å². The van der Waals surface area contributed by atoms with Crippen LogP contribution in [0.3, 0.4) is 0 Å². The minimum atomic E-state index is -0.447. The Labute approximate surface area is 132 Å². The lowest BCUT2D eigenvalue weighted by Crippen LogP contribution is -2.55. The highest BCUT2D eigenvalue weighted by atomic mass is 16.3. The van der Waals surface area contributed by atoms with Gasteiger partial charge in [0.1, 0.15) is 5.78 Å². The fourth-order valence-electron chi connectivity index (χ4n) is 6.47. The van der Waals surface area contributed by atoms with Crippen LogP contribution in [0.25, 0.3) is 0 Å². The Bertz CT molecular complexity index is 539. The maximum atomic E-state index is 12.4. The normalized spacial score (nSPS) is 54.3. The van der Waals surface area contributed by atoms with E-state index < -0.39 is 12.2 Å². The van der Waals surface area contributed by atoms with Crippen molar-refractivity contribution in [2.24, 2.45) is 28.6 Å². The second-order valence-corrected chi connectivity index (χ2v) is 8.65. The van der Waals surface area contributed by atoms with Gasteiger partial charge in [-0.3, -0.25) is 4.79 Å². The first kappa shape index (κ1) is 14.9. The van der Waals surface area contributed by atoms with E-state index in [1.165, 1.54) is 5.57 Å². The predicted octanol–water partition coefficient (Wildman–Crippen LogP) is 2.85. The second-order valence-electron chi connectivity index (χ2n) is 8.65. The molecule has 3 nitrogen and oxygen atoms in total. The summed E-state index contributed by atoms with van der Waals surface area (Å²) in [5, 5.41) is 20.8. The summed E-state index contributed by atoms with van der Waals surface area (Å²) < 4.78 is 0. The van der Waals surface area contributed by atoms with Gasteiger partial charge in [0.25, 0.3) is 0 Å². The maximum absolute atomic E-state index is 12.4. The van der Waals surface area contributed by atoms with Gasteiger partial charge >= 0.3 is 0 Å². The van der Waals surface area contributed by atoms with E-state index in [9.17, 15) is 15.0 Å². The van der Waals surface area contributed by atoms with Crippen molar-refractivity contribution in [3.8, 4) is 0 Å². The van der Waals surface area contributed by atoms with Crippen LogP contribution < -0.4 is 0 Å². The van der Waals surface area contributed by atoms with Crippen LogP contribution in [0.2, 0.25) is 0 Å². The highest BCUT2D eigenvalue weighted by Crippen LogP contribution is 2.63. The number of carbonyl (C=O) groups is 1. The molecule has 0 amide bonds. The molecule has 0 bridgehead atoms. The molecule has 0 radical (unpaired) electrons. The predicted molar refractivity (Wildman–Crippen MR) is 84.1 cm³/mol. The number of hydrogen-bond donors (Lipinski definition) is 2. The summed E-state index contributed by atoms with van der Waals surface area (Å²) in [7, 11) is 0. The largest absolute Gasteiger partial charge is 0.393 e. The molecule has 4 rings (SSSR count). The van der Waals surface area contributed by atoms with Crippen molar-refractivity contribution < 1.29 is 15.0 Å². The van der Waals surface area contributed by atoms with E-state index in [1.54, 1.807) is 0 Å². The van der Waals surface area contributed by atoms with Gasteiger partial charge in [0.15, 0.2) is 0 Å². The van der Waals surface area contributed by atoms with Crippen molar-refractivity contribution in [3.05, 3.63) is 11.6 Å². The van der Waals surface area contributed by atoms with Crippen LogP contribution in [0.4, 0.5) is 0 Å². The van der Waals surface area contributed by atoms with E-state index >= 15 is 0 Å². The Morgan fingerprint density at radius 1 is 1.18 bits per heavy atom. The average molecular weight is 304 g/mol. The van der Waals surface area contributed by atoms with Crippen LogP contribution in [-0.4, -0.2) is 28.2 Å². The molecule has 3 saturated carbocycles. The molecule has 0 unspecified atom stereocenters. The molecule has 3 fully saturated rings. The van der Waals surface area contributed by atoms with Crippen molar-refractivity contribution in [1.29, 1.82) is 0 Å². The molecule has 22 heavy (non-hydrogen) atoms.